The third-order valence-corrected chi connectivity index (χ3v) is 2.62. The number of para-hydroxylation sites is 1. The van der Waals surface area contributed by atoms with Crippen LogP contribution in [0.3, 0.4) is 0 Å². The average molecular weight is 360 g/mol. The number of hydrogen-bond acceptors (Lipinski definition) is 6. The molecule has 1 rings (SSSR count). The van der Waals surface area contributed by atoms with Crippen LogP contribution in [0.4, 0.5) is 0 Å². The van der Waals surface area contributed by atoms with Crippen LogP contribution < -0.4 is 63.9 Å². The molecule has 1 aromatic rings. The molecule has 0 aliphatic carbocycles. The predicted octanol–water partition coefficient (Wildman–Crippen LogP) is -5.80. The number of aliphatic carboxylic acids is 2. The van der Waals surface area contributed by atoms with Crippen molar-refractivity contribution in [1.82, 2.24) is 0 Å². The molecular weight excluding hydrogens is 346 g/mol. The smallest absolute Gasteiger partial charge is 1.00 e. The Balaban J connectivity index is -0.000000605. The number of carbonyl (C=O) groups is 4. The molecule has 0 fully saturated rings. The zero-order valence-electron chi connectivity index (χ0n) is 15.1. The molecule has 0 aliphatic rings. The summed E-state index contributed by atoms with van der Waals surface area (Å²) in [6.45, 7) is 0. The van der Waals surface area contributed by atoms with Gasteiger partial charge in [-0.3, -0.25) is 9.59 Å². The molecule has 0 heterocycles. The van der Waals surface area contributed by atoms with E-state index in [4.69, 9.17) is 20.1 Å². The van der Waals surface area contributed by atoms with Crippen molar-refractivity contribution < 1.29 is 106 Å². The maximum absolute atomic E-state index is 11.7. The molecule has 1 unspecified atom stereocenters. The number of carboxylic acid groups (broad SMARTS) is 3. The fraction of sp³-hybridized carbons (Fsp3) is 0.231. The van der Waals surface area contributed by atoms with Gasteiger partial charge in [-0.25, -0.2) is 9.59 Å². The maximum atomic E-state index is 11.7. The van der Waals surface area contributed by atoms with E-state index in [0.29, 0.717) is 0 Å². The first kappa shape index (κ1) is 25.3. The van der Waals surface area contributed by atoms with Crippen LogP contribution >= 0.6 is 0 Å². The first-order valence-electron chi connectivity index (χ1n) is 5.86. The van der Waals surface area contributed by atoms with Crippen LogP contribution in [0.2, 0.25) is 0 Å². The summed E-state index contributed by atoms with van der Waals surface area (Å²) in [5, 5.41) is 36.0. The quantitative estimate of drug-likeness (QED) is 0.211. The molecule has 0 bridgehead atoms. The summed E-state index contributed by atoms with van der Waals surface area (Å²) < 4.78 is 4.70. The number of esters is 1. The van der Waals surface area contributed by atoms with Gasteiger partial charge in [-0.15, -0.1) is 0 Å². The molecule has 0 saturated carbocycles. The Bertz CT molecular complexity index is 642. The minimum absolute atomic E-state index is 0. The average Bonchev–Trinajstić information content (AvgIpc) is 2.37. The van der Waals surface area contributed by atoms with Gasteiger partial charge < -0.3 is 28.0 Å². The maximum Gasteiger partial charge on any atom is 1.00 e. The second-order valence-electron chi connectivity index (χ2n) is 4.36. The van der Waals surface area contributed by atoms with Crippen molar-refractivity contribution >= 4 is 23.9 Å². The van der Waals surface area contributed by atoms with Gasteiger partial charge in [-0.2, -0.15) is 0 Å². The molecule has 24 heavy (non-hydrogen) atoms. The van der Waals surface area contributed by atoms with Gasteiger partial charge >= 0.3 is 83.0 Å². The van der Waals surface area contributed by atoms with Crippen molar-refractivity contribution in [1.29, 1.82) is 0 Å². The van der Waals surface area contributed by atoms with E-state index in [2.05, 4.69) is 0 Å². The summed E-state index contributed by atoms with van der Waals surface area (Å²) in [5.41, 5.74) is -3.19. The van der Waals surface area contributed by atoms with E-state index in [0.717, 1.165) is 6.07 Å². The van der Waals surface area contributed by atoms with Gasteiger partial charge in [-0.05, 0) is 12.1 Å². The van der Waals surface area contributed by atoms with E-state index in [1.54, 1.807) is 0 Å². The number of carboxylic acids is 3. The molecule has 11 heteroatoms. The summed E-state index contributed by atoms with van der Waals surface area (Å²) in [7, 11) is 0. The van der Waals surface area contributed by atoms with Crippen molar-refractivity contribution in [2.24, 2.45) is 0 Å². The first-order chi connectivity index (χ1) is 10.2. The summed E-state index contributed by atoms with van der Waals surface area (Å²) in [6.07, 6.45) is -2.36. The predicted molar refractivity (Wildman–Crippen MR) is 70.7 cm³/mol. The first-order valence-corrected chi connectivity index (χ1v) is 5.86. The second kappa shape index (κ2) is 10.8. The molecule has 122 valence electrons. The Morgan fingerprint density at radius 2 is 1.54 bits per heavy atom. The third-order valence-electron chi connectivity index (χ3n) is 2.62. The zero-order chi connectivity index (χ0) is 16.9. The van der Waals surface area contributed by atoms with Crippen LogP contribution in [0.15, 0.2) is 24.3 Å². The third kappa shape index (κ3) is 7.31. The van der Waals surface area contributed by atoms with Crippen molar-refractivity contribution in [2.75, 3.05) is 0 Å². The number of aromatic carboxylic acids is 1. The van der Waals surface area contributed by atoms with E-state index in [9.17, 15) is 24.3 Å². The summed E-state index contributed by atoms with van der Waals surface area (Å²) in [5.74, 6) is -6.52. The van der Waals surface area contributed by atoms with Gasteiger partial charge in [0.1, 0.15) is 11.3 Å². The number of benzene rings is 1. The minimum Gasteiger partial charge on any atom is -1.00 e. The Kier molecular flexibility index (Phi) is 11.4. The standard InChI is InChI=1S/C13H12O9.2Na.2H/c14-9(15)5-13(21,12(19)20)6-10(16)22-8-4-2-1-3-7(8)11(17)18;;;;/h1-4,21H,5-6H2,(H,14,15)(H,17,18)(H,19,20);;;;/q;2*+1;2*-1. The fourth-order valence-electron chi connectivity index (χ4n) is 1.59. The molecule has 0 saturated heterocycles. The fourth-order valence-corrected chi connectivity index (χ4v) is 1.59. The van der Waals surface area contributed by atoms with Crippen LogP contribution in [-0.2, 0) is 14.4 Å². The monoisotopic (exact) mass is 360 g/mol. The second-order valence-corrected chi connectivity index (χ2v) is 4.36. The molecule has 0 amide bonds. The molecule has 9 nitrogen and oxygen atoms in total. The number of ether oxygens (including phenoxy) is 1. The number of rotatable bonds is 7. The van der Waals surface area contributed by atoms with Crippen molar-refractivity contribution in [2.45, 2.75) is 18.4 Å². The number of aliphatic hydroxyl groups is 1. The zero-order valence-corrected chi connectivity index (χ0v) is 17.1. The van der Waals surface area contributed by atoms with Crippen LogP contribution in [-0.4, -0.2) is 49.9 Å². The van der Waals surface area contributed by atoms with E-state index in [-0.39, 0.29) is 73.3 Å². The van der Waals surface area contributed by atoms with Gasteiger partial charge in [0.25, 0.3) is 0 Å². The SMILES string of the molecule is O=C(O)CC(O)(CC(=O)Oc1ccccc1C(=O)O)C(=O)O.[H-].[H-].[Na+].[Na+]. The summed E-state index contributed by atoms with van der Waals surface area (Å²) in [6, 6.07) is 5.10. The van der Waals surface area contributed by atoms with E-state index >= 15 is 0 Å². The molecule has 0 spiro atoms. The van der Waals surface area contributed by atoms with Gasteiger partial charge in [0.2, 0.25) is 0 Å². The van der Waals surface area contributed by atoms with E-state index < -0.39 is 42.3 Å². The Hall–Kier alpha value is -0.940. The summed E-state index contributed by atoms with van der Waals surface area (Å²) >= 11 is 0. The van der Waals surface area contributed by atoms with Crippen molar-refractivity contribution in [3.63, 3.8) is 0 Å². The van der Waals surface area contributed by atoms with Crippen LogP contribution in [0.25, 0.3) is 0 Å². The number of hydrogen-bond donors (Lipinski definition) is 4. The van der Waals surface area contributed by atoms with Gasteiger partial charge in [0.05, 0.1) is 12.8 Å². The van der Waals surface area contributed by atoms with Gasteiger partial charge in [0.15, 0.2) is 5.60 Å². The molecule has 0 aromatic heterocycles. The Morgan fingerprint density at radius 1 is 1.00 bits per heavy atom. The Labute approximate surface area is 183 Å². The van der Waals surface area contributed by atoms with Crippen LogP contribution in [0.1, 0.15) is 26.1 Å². The van der Waals surface area contributed by atoms with Crippen molar-refractivity contribution in [3.05, 3.63) is 29.8 Å². The molecule has 1 atom stereocenters. The molecule has 0 aliphatic heterocycles. The molecule has 0 radical (unpaired) electrons. The van der Waals surface area contributed by atoms with Crippen molar-refractivity contribution in [3.8, 4) is 5.75 Å². The van der Waals surface area contributed by atoms with E-state index in [1.807, 2.05) is 0 Å². The largest absolute Gasteiger partial charge is 1.00 e. The molecule has 1 aromatic carbocycles. The van der Waals surface area contributed by atoms with Gasteiger partial charge in [0, 0.05) is 0 Å². The minimum atomic E-state index is -2.85. The normalized spacial score (nSPS) is 11.9. The van der Waals surface area contributed by atoms with Crippen LogP contribution in [0.5, 0.6) is 5.75 Å². The molecular formula is C13H14Na2O9. The van der Waals surface area contributed by atoms with E-state index in [1.165, 1.54) is 18.2 Å². The Morgan fingerprint density at radius 3 is 2.00 bits per heavy atom. The molecule has 4 N–H and O–H groups in total. The number of carbonyl (C=O) groups excluding carboxylic acids is 1. The summed E-state index contributed by atoms with van der Waals surface area (Å²) in [4.78, 5) is 44.0. The van der Waals surface area contributed by atoms with Crippen LogP contribution in [0, 0.1) is 0 Å². The van der Waals surface area contributed by atoms with Gasteiger partial charge in [-0.1, -0.05) is 12.1 Å². The topological polar surface area (TPSA) is 158 Å².